The maximum atomic E-state index is 13.5. The van der Waals surface area contributed by atoms with Crippen molar-refractivity contribution in [3.63, 3.8) is 0 Å². The fourth-order valence-corrected chi connectivity index (χ4v) is 5.48. The predicted octanol–water partition coefficient (Wildman–Crippen LogP) is 2.60. The molecule has 0 bridgehead atoms. The van der Waals surface area contributed by atoms with Crippen LogP contribution in [0.1, 0.15) is 20.8 Å². The molecule has 1 N–H and O–H groups in total. The van der Waals surface area contributed by atoms with E-state index in [9.17, 15) is 18.3 Å². The lowest BCUT2D eigenvalue weighted by Crippen LogP contribution is -2.50. The predicted molar refractivity (Wildman–Crippen MR) is 119 cm³/mol. The van der Waals surface area contributed by atoms with Crippen molar-refractivity contribution in [2.75, 3.05) is 26.7 Å². The molecule has 3 atom stereocenters. The minimum absolute atomic E-state index is 0.0647. The molecule has 1 amide bonds. The van der Waals surface area contributed by atoms with E-state index in [2.05, 4.69) is 0 Å². The molecule has 2 aromatic carbocycles. The number of aliphatic hydroxyl groups is 1. The number of aliphatic hydroxyl groups excluding tert-OH is 1. The van der Waals surface area contributed by atoms with Gasteiger partial charge in [0.15, 0.2) is 0 Å². The lowest BCUT2D eigenvalue weighted by Gasteiger charge is -2.37. The topological polar surface area (TPSA) is 87.2 Å². The molecule has 2 aromatic rings. The van der Waals surface area contributed by atoms with E-state index in [0.29, 0.717) is 6.54 Å². The zero-order valence-electron chi connectivity index (χ0n) is 18.4. The summed E-state index contributed by atoms with van der Waals surface area (Å²) < 4.78 is 34.6. The quantitative estimate of drug-likeness (QED) is 0.763. The number of sulfonamides is 1. The number of likely N-dealkylation sites (N-methyl/N-ethyl adjacent to an activating group) is 1. The average Bonchev–Trinajstić information content (AvgIpc) is 2.75. The Morgan fingerprint density at radius 2 is 1.90 bits per heavy atom. The zero-order valence-corrected chi connectivity index (χ0v) is 19.2. The third-order valence-electron chi connectivity index (χ3n) is 5.77. The zero-order chi connectivity index (χ0) is 22.8. The molecular formula is C23H30N2O5S. The van der Waals surface area contributed by atoms with E-state index in [1.165, 1.54) is 11.2 Å². The monoisotopic (exact) mass is 446 g/mol. The number of carbonyl (C=O) groups excluding carboxylic acids is 1. The number of carbonyl (C=O) groups is 1. The van der Waals surface area contributed by atoms with E-state index in [0.717, 1.165) is 11.1 Å². The number of amides is 1. The van der Waals surface area contributed by atoms with Gasteiger partial charge >= 0.3 is 0 Å². The van der Waals surface area contributed by atoms with Crippen molar-refractivity contribution >= 4 is 15.9 Å². The van der Waals surface area contributed by atoms with Gasteiger partial charge in [0.05, 0.1) is 13.2 Å². The Bertz CT molecular complexity index is 1030. The lowest BCUT2D eigenvalue weighted by atomic mass is 10.0. The molecule has 3 rings (SSSR count). The summed E-state index contributed by atoms with van der Waals surface area (Å²) in [6.07, 6.45) is -0.414. The van der Waals surface area contributed by atoms with Crippen molar-refractivity contribution in [1.82, 2.24) is 9.21 Å². The first-order valence-electron chi connectivity index (χ1n) is 10.4. The van der Waals surface area contributed by atoms with Gasteiger partial charge < -0.3 is 14.7 Å². The van der Waals surface area contributed by atoms with Crippen LogP contribution in [0.5, 0.6) is 5.75 Å². The van der Waals surface area contributed by atoms with Gasteiger partial charge in [-0.3, -0.25) is 4.79 Å². The van der Waals surface area contributed by atoms with Crippen LogP contribution in [0.15, 0.2) is 53.4 Å². The first-order chi connectivity index (χ1) is 14.6. The van der Waals surface area contributed by atoms with Crippen molar-refractivity contribution in [3.05, 3.63) is 48.5 Å². The second-order valence-corrected chi connectivity index (χ2v) is 10.0. The fourth-order valence-electron chi connectivity index (χ4n) is 3.65. The van der Waals surface area contributed by atoms with Crippen LogP contribution in [0.3, 0.4) is 0 Å². The molecule has 0 spiro atoms. The smallest absolute Gasteiger partial charge is 0.247 e. The normalized spacial score (nSPS) is 21.8. The number of fused-ring (bicyclic) bond motifs is 1. The van der Waals surface area contributed by atoms with Crippen LogP contribution in [0, 0.1) is 5.92 Å². The van der Waals surface area contributed by atoms with Crippen molar-refractivity contribution in [2.45, 2.75) is 37.8 Å². The molecule has 0 aromatic heterocycles. The Kier molecular flexibility index (Phi) is 7.03. The van der Waals surface area contributed by atoms with E-state index < -0.39 is 22.2 Å². The number of ether oxygens (including phenoxy) is 1. The highest BCUT2D eigenvalue weighted by atomic mass is 32.2. The van der Waals surface area contributed by atoms with Crippen molar-refractivity contribution in [2.24, 2.45) is 5.92 Å². The summed E-state index contributed by atoms with van der Waals surface area (Å²) in [5, 5.41) is 9.70. The van der Waals surface area contributed by atoms with E-state index in [-0.39, 0.29) is 35.6 Å². The maximum Gasteiger partial charge on any atom is 0.247 e. The average molecular weight is 447 g/mol. The molecule has 31 heavy (non-hydrogen) atoms. The summed E-state index contributed by atoms with van der Waals surface area (Å²) in [6, 6.07) is 14.1. The first-order valence-corrected chi connectivity index (χ1v) is 11.8. The molecule has 1 heterocycles. The number of hydrogen-bond donors (Lipinski definition) is 1. The number of nitrogens with zero attached hydrogens (tertiary/aromatic N) is 2. The molecule has 0 fully saturated rings. The van der Waals surface area contributed by atoms with E-state index in [4.69, 9.17) is 4.74 Å². The molecule has 1 aliphatic rings. The Morgan fingerprint density at radius 3 is 2.52 bits per heavy atom. The highest BCUT2D eigenvalue weighted by Gasteiger charge is 2.38. The molecule has 7 nitrogen and oxygen atoms in total. The van der Waals surface area contributed by atoms with E-state index in [1.807, 2.05) is 37.3 Å². The molecular weight excluding hydrogens is 416 g/mol. The molecule has 168 valence electrons. The van der Waals surface area contributed by atoms with Gasteiger partial charge in [0, 0.05) is 32.5 Å². The van der Waals surface area contributed by atoms with Gasteiger partial charge in [-0.2, -0.15) is 4.31 Å². The second kappa shape index (κ2) is 9.38. The van der Waals surface area contributed by atoms with Crippen LogP contribution >= 0.6 is 0 Å². The molecule has 0 saturated carbocycles. The van der Waals surface area contributed by atoms with Crippen molar-refractivity contribution in [3.8, 4) is 16.9 Å². The Labute approximate surface area is 184 Å². The van der Waals surface area contributed by atoms with Gasteiger partial charge in [-0.25, -0.2) is 8.42 Å². The highest BCUT2D eigenvalue weighted by molar-refractivity contribution is 7.89. The van der Waals surface area contributed by atoms with Crippen LogP contribution < -0.4 is 4.74 Å². The van der Waals surface area contributed by atoms with E-state index >= 15 is 0 Å². The van der Waals surface area contributed by atoms with Crippen LogP contribution in [0.25, 0.3) is 11.1 Å². The van der Waals surface area contributed by atoms with Crippen LogP contribution in [0.4, 0.5) is 0 Å². The molecule has 1 aliphatic heterocycles. The minimum atomic E-state index is -3.89. The Hall–Kier alpha value is -2.42. The summed E-state index contributed by atoms with van der Waals surface area (Å²) in [6.45, 7) is 5.29. The summed E-state index contributed by atoms with van der Waals surface area (Å²) >= 11 is 0. The van der Waals surface area contributed by atoms with Crippen molar-refractivity contribution < 1.29 is 23.1 Å². The summed E-state index contributed by atoms with van der Waals surface area (Å²) in [4.78, 5) is 13.4. The van der Waals surface area contributed by atoms with Gasteiger partial charge in [-0.15, -0.1) is 0 Å². The fraction of sp³-hybridized carbons (Fsp3) is 0.435. The highest BCUT2D eigenvalue weighted by Crippen LogP contribution is 2.36. The summed E-state index contributed by atoms with van der Waals surface area (Å²) in [5.74, 6) is -0.0478. The standard InChI is InChI=1S/C23H30N2O5S/c1-16-13-25(17(2)15-26)31(28,29)23-11-10-20(19-8-6-5-7-9-19)12-21(23)30-22(16)14-24(4)18(3)27/h5-12,16-17,22,26H,13-15H2,1-4H3/t16-,17-,22-/m1/s1. The molecule has 0 radical (unpaired) electrons. The summed E-state index contributed by atoms with van der Waals surface area (Å²) in [7, 11) is -2.19. The van der Waals surface area contributed by atoms with Gasteiger partial charge in [0.2, 0.25) is 15.9 Å². The number of hydrogen-bond acceptors (Lipinski definition) is 5. The first kappa shape index (κ1) is 23.2. The molecule has 0 unspecified atom stereocenters. The number of benzene rings is 2. The maximum absolute atomic E-state index is 13.5. The van der Waals surface area contributed by atoms with Gasteiger partial charge in [0.25, 0.3) is 0 Å². The van der Waals surface area contributed by atoms with Crippen LogP contribution in [-0.2, 0) is 14.8 Å². The minimum Gasteiger partial charge on any atom is -0.487 e. The van der Waals surface area contributed by atoms with Gasteiger partial charge in [-0.05, 0) is 30.2 Å². The van der Waals surface area contributed by atoms with Crippen LogP contribution in [0.2, 0.25) is 0 Å². The Morgan fingerprint density at radius 1 is 1.23 bits per heavy atom. The summed E-state index contributed by atoms with van der Waals surface area (Å²) in [5.41, 5.74) is 1.78. The Balaban J connectivity index is 2.13. The third kappa shape index (κ3) is 4.92. The van der Waals surface area contributed by atoms with Crippen molar-refractivity contribution in [1.29, 1.82) is 0 Å². The van der Waals surface area contributed by atoms with E-state index in [1.54, 1.807) is 37.1 Å². The SMILES string of the molecule is CC(=O)N(C)C[C@H]1Oc2cc(-c3ccccc3)ccc2S(=O)(=O)N([C@H](C)CO)C[C@H]1C. The third-order valence-corrected chi connectivity index (χ3v) is 7.79. The van der Waals surface area contributed by atoms with Gasteiger partial charge in [-0.1, -0.05) is 43.3 Å². The molecule has 0 saturated heterocycles. The second-order valence-electron chi connectivity index (χ2n) is 8.17. The lowest BCUT2D eigenvalue weighted by molar-refractivity contribution is -0.129. The van der Waals surface area contributed by atoms with Gasteiger partial charge in [0.1, 0.15) is 16.7 Å². The molecule has 0 aliphatic carbocycles. The largest absolute Gasteiger partial charge is 0.487 e. The van der Waals surface area contributed by atoms with Crippen LogP contribution in [-0.4, -0.2) is 67.5 Å². The number of rotatable bonds is 5. The molecule has 8 heteroatoms.